The zero-order valence-corrected chi connectivity index (χ0v) is 15.0. The first kappa shape index (κ1) is 16.1. The summed E-state index contributed by atoms with van der Waals surface area (Å²) in [6, 6.07) is 1.71. The summed E-state index contributed by atoms with van der Waals surface area (Å²) < 4.78 is 1.87. The Bertz CT molecular complexity index is 916. The lowest BCUT2D eigenvalue weighted by molar-refractivity contribution is -0.148. The summed E-state index contributed by atoms with van der Waals surface area (Å²) in [5.74, 6) is 0.528. The Hall–Kier alpha value is -2.44. The molecule has 0 aromatic carbocycles. The van der Waals surface area contributed by atoms with E-state index in [4.69, 9.17) is 5.73 Å². The van der Waals surface area contributed by atoms with E-state index in [9.17, 15) is 9.59 Å². The van der Waals surface area contributed by atoms with Crippen molar-refractivity contribution in [1.29, 1.82) is 0 Å². The van der Waals surface area contributed by atoms with Gasteiger partial charge in [-0.3, -0.25) is 9.59 Å². The van der Waals surface area contributed by atoms with Crippen LogP contribution in [0.4, 0.5) is 0 Å². The van der Waals surface area contributed by atoms with Crippen LogP contribution >= 0.6 is 0 Å². The summed E-state index contributed by atoms with van der Waals surface area (Å²) in [4.78, 5) is 35.9. The van der Waals surface area contributed by atoms with E-state index in [1.165, 1.54) is 0 Å². The summed E-state index contributed by atoms with van der Waals surface area (Å²) in [7, 11) is 1.88. The first-order chi connectivity index (χ1) is 11.7. The van der Waals surface area contributed by atoms with Gasteiger partial charge >= 0.3 is 0 Å². The number of amides is 2. The lowest BCUT2D eigenvalue weighted by Crippen LogP contribution is -2.59. The molecule has 1 aliphatic heterocycles. The molecule has 2 aromatic heterocycles. The number of nitrogens with two attached hydrogens (primary N) is 1. The summed E-state index contributed by atoms with van der Waals surface area (Å²) in [5.41, 5.74) is 6.99. The number of likely N-dealkylation sites (tertiary alicyclic amines) is 1. The fourth-order valence-electron chi connectivity index (χ4n) is 4.91. The van der Waals surface area contributed by atoms with E-state index in [1.807, 2.05) is 18.5 Å². The van der Waals surface area contributed by atoms with Crippen LogP contribution in [0.1, 0.15) is 36.5 Å². The molecule has 0 spiro atoms. The van der Waals surface area contributed by atoms with Crippen molar-refractivity contribution in [3.8, 4) is 0 Å². The van der Waals surface area contributed by atoms with Gasteiger partial charge in [0.05, 0.1) is 11.0 Å². The molecule has 2 atom stereocenters. The van der Waals surface area contributed by atoms with E-state index in [0.717, 1.165) is 12.2 Å². The first-order valence-electron chi connectivity index (χ1n) is 8.54. The molecule has 1 aliphatic carbocycles. The molecule has 7 heteroatoms. The topological polar surface area (TPSA) is 94.1 Å². The molecule has 2 N–H and O–H groups in total. The average molecular weight is 341 g/mol. The van der Waals surface area contributed by atoms with Crippen molar-refractivity contribution in [1.82, 2.24) is 19.4 Å². The normalized spacial score (nSPS) is 27.2. The molecule has 1 saturated carbocycles. The van der Waals surface area contributed by atoms with Gasteiger partial charge in [-0.15, -0.1) is 0 Å². The predicted molar refractivity (Wildman–Crippen MR) is 92.7 cm³/mol. The van der Waals surface area contributed by atoms with Crippen molar-refractivity contribution in [2.45, 2.75) is 27.2 Å². The van der Waals surface area contributed by atoms with Gasteiger partial charge in [0.25, 0.3) is 5.91 Å². The van der Waals surface area contributed by atoms with E-state index in [0.29, 0.717) is 29.8 Å². The van der Waals surface area contributed by atoms with Gasteiger partial charge in [-0.2, -0.15) is 0 Å². The molecule has 2 fully saturated rings. The Morgan fingerprint density at radius 1 is 1.36 bits per heavy atom. The van der Waals surface area contributed by atoms with Gasteiger partial charge in [0.1, 0.15) is 11.3 Å². The number of pyridine rings is 1. The van der Waals surface area contributed by atoms with Crippen molar-refractivity contribution < 1.29 is 9.59 Å². The standard InChI is InChI=1S/C18H23N5O2/c1-10-21-13-11(5-6-20-14(13)22(10)4)15(24)23-7-12-17(2,3)8-18(12,9-23)16(19)25/h5-6,12H,7-9H2,1-4H3,(H2,19,25)/t12-,18+/m1/s1. The third kappa shape index (κ3) is 1.98. The smallest absolute Gasteiger partial charge is 0.256 e. The van der Waals surface area contributed by atoms with Crippen molar-refractivity contribution >= 4 is 23.0 Å². The fourth-order valence-corrected chi connectivity index (χ4v) is 4.91. The zero-order valence-electron chi connectivity index (χ0n) is 15.0. The minimum Gasteiger partial charge on any atom is -0.369 e. The van der Waals surface area contributed by atoms with Crippen LogP contribution in [0.3, 0.4) is 0 Å². The number of carbonyl (C=O) groups excluding carboxylic acids is 2. The molecular weight excluding hydrogens is 318 g/mol. The summed E-state index contributed by atoms with van der Waals surface area (Å²) in [6.07, 6.45) is 2.37. The van der Waals surface area contributed by atoms with E-state index in [-0.39, 0.29) is 23.1 Å². The van der Waals surface area contributed by atoms with Gasteiger partial charge in [0.15, 0.2) is 5.65 Å². The van der Waals surface area contributed by atoms with Crippen LogP contribution in [-0.2, 0) is 11.8 Å². The van der Waals surface area contributed by atoms with Crippen LogP contribution in [0.25, 0.3) is 11.2 Å². The quantitative estimate of drug-likeness (QED) is 0.889. The van der Waals surface area contributed by atoms with Crippen molar-refractivity contribution in [3.05, 3.63) is 23.7 Å². The Kier molecular flexibility index (Phi) is 3.08. The SMILES string of the molecule is Cc1nc2c(C(=O)N3C[C@@H]4C(C)(C)C[C@]4(C(N)=O)C3)ccnc2n1C. The number of nitrogens with zero attached hydrogens (tertiary/aromatic N) is 4. The van der Waals surface area contributed by atoms with Gasteiger partial charge in [0, 0.05) is 26.3 Å². The number of primary amides is 1. The van der Waals surface area contributed by atoms with Crippen LogP contribution in [0.15, 0.2) is 12.3 Å². The van der Waals surface area contributed by atoms with E-state index < -0.39 is 5.41 Å². The summed E-state index contributed by atoms with van der Waals surface area (Å²) >= 11 is 0. The highest BCUT2D eigenvalue weighted by molar-refractivity contribution is 6.04. The third-order valence-corrected chi connectivity index (χ3v) is 6.25. The number of carbonyl (C=O) groups is 2. The molecule has 2 amide bonds. The molecule has 7 nitrogen and oxygen atoms in total. The minimum absolute atomic E-state index is 0.0270. The molecule has 1 saturated heterocycles. The second-order valence-electron chi connectivity index (χ2n) is 8.17. The number of rotatable bonds is 2. The predicted octanol–water partition coefficient (Wildman–Crippen LogP) is 1.25. The number of hydrogen-bond acceptors (Lipinski definition) is 4. The highest BCUT2D eigenvalue weighted by atomic mass is 16.2. The van der Waals surface area contributed by atoms with Crippen LogP contribution < -0.4 is 5.73 Å². The van der Waals surface area contributed by atoms with Crippen LogP contribution in [-0.4, -0.2) is 44.3 Å². The average Bonchev–Trinajstić information content (AvgIpc) is 3.03. The molecule has 132 valence electrons. The minimum atomic E-state index is -0.578. The number of fused-ring (bicyclic) bond motifs is 2. The number of aromatic nitrogens is 3. The zero-order chi connectivity index (χ0) is 18.1. The maximum atomic E-state index is 13.2. The molecule has 0 unspecified atom stereocenters. The molecule has 2 aromatic rings. The highest BCUT2D eigenvalue weighted by Crippen LogP contribution is 2.62. The summed E-state index contributed by atoms with van der Waals surface area (Å²) in [5, 5.41) is 0. The maximum Gasteiger partial charge on any atom is 0.256 e. The third-order valence-electron chi connectivity index (χ3n) is 6.25. The summed E-state index contributed by atoms with van der Waals surface area (Å²) in [6.45, 7) is 7.12. The van der Waals surface area contributed by atoms with Crippen molar-refractivity contribution in [2.24, 2.45) is 29.5 Å². The molecular formula is C18H23N5O2. The molecule has 2 aliphatic rings. The molecule has 0 bridgehead atoms. The van der Waals surface area contributed by atoms with Gasteiger partial charge in [0.2, 0.25) is 5.91 Å². The van der Waals surface area contributed by atoms with Crippen molar-refractivity contribution in [3.63, 3.8) is 0 Å². The molecule has 25 heavy (non-hydrogen) atoms. The van der Waals surface area contributed by atoms with Crippen molar-refractivity contribution in [2.75, 3.05) is 13.1 Å². The van der Waals surface area contributed by atoms with Gasteiger partial charge in [-0.25, -0.2) is 9.97 Å². The van der Waals surface area contributed by atoms with Crippen LogP contribution in [0.2, 0.25) is 0 Å². The second kappa shape index (κ2) is 4.80. The fraction of sp³-hybridized carbons (Fsp3) is 0.556. The Labute approximate surface area is 146 Å². The van der Waals surface area contributed by atoms with Gasteiger partial charge in [-0.05, 0) is 30.7 Å². The molecule has 3 heterocycles. The van der Waals surface area contributed by atoms with Gasteiger partial charge < -0.3 is 15.2 Å². The molecule has 0 radical (unpaired) electrons. The monoisotopic (exact) mass is 341 g/mol. The number of hydrogen-bond donors (Lipinski definition) is 1. The lowest BCUT2D eigenvalue weighted by atomic mass is 9.48. The Morgan fingerprint density at radius 2 is 2.08 bits per heavy atom. The first-order valence-corrected chi connectivity index (χ1v) is 8.54. The van der Waals surface area contributed by atoms with E-state index >= 15 is 0 Å². The number of aryl methyl sites for hydroxylation is 2. The Morgan fingerprint density at radius 3 is 2.68 bits per heavy atom. The maximum absolute atomic E-state index is 13.2. The second-order valence-corrected chi connectivity index (χ2v) is 8.17. The Balaban J connectivity index is 1.72. The van der Waals surface area contributed by atoms with E-state index in [1.54, 1.807) is 17.2 Å². The largest absolute Gasteiger partial charge is 0.369 e. The van der Waals surface area contributed by atoms with Crippen LogP contribution in [0, 0.1) is 23.7 Å². The van der Waals surface area contributed by atoms with Gasteiger partial charge in [-0.1, -0.05) is 13.8 Å². The molecule has 4 rings (SSSR count). The van der Waals surface area contributed by atoms with E-state index in [2.05, 4.69) is 23.8 Å². The lowest BCUT2D eigenvalue weighted by Gasteiger charge is -2.54. The number of imidazole rings is 1. The highest BCUT2D eigenvalue weighted by Gasteiger charge is 2.66. The van der Waals surface area contributed by atoms with Crippen LogP contribution in [0.5, 0.6) is 0 Å².